The quantitative estimate of drug-likeness (QED) is 0.691. The summed E-state index contributed by atoms with van der Waals surface area (Å²) in [5, 5.41) is 5.87. The van der Waals surface area contributed by atoms with Crippen LogP contribution in [0.4, 0.5) is 11.4 Å². The summed E-state index contributed by atoms with van der Waals surface area (Å²) in [5.74, 6) is -0.263. The van der Waals surface area contributed by atoms with Crippen molar-refractivity contribution >= 4 is 23.2 Å². The van der Waals surface area contributed by atoms with Crippen molar-refractivity contribution in [1.29, 1.82) is 0 Å². The number of piperazine rings is 1. The first kappa shape index (κ1) is 23.8. The summed E-state index contributed by atoms with van der Waals surface area (Å²) in [5.41, 5.74) is 3.72. The van der Waals surface area contributed by atoms with Gasteiger partial charge in [0, 0.05) is 44.7 Å². The van der Waals surface area contributed by atoms with Crippen LogP contribution >= 0.6 is 0 Å². The van der Waals surface area contributed by atoms with Crippen LogP contribution in [0.1, 0.15) is 50.0 Å². The summed E-state index contributed by atoms with van der Waals surface area (Å²) in [7, 11) is 0. The van der Waals surface area contributed by atoms with Gasteiger partial charge in [-0.3, -0.25) is 9.59 Å². The van der Waals surface area contributed by atoms with E-state index >= 15 is 0 Å². The molecule has 0 bridgehead atoms. The molecule has 0 atom stereocenters. The minimum atomic E-state index is -0.160. The van der Waals surface area contributed by atoms with E-state index < -0.39 is 0 Å². The molecule has 0 aromatic heterocycles. The molecule has 6 heteroatoms. The third-order valence-electron chi connectivity index (χ3n) is 5.99. The van der Waals surface area contributed by atoms with Gasteiger partial charge in [0.2, 0.25) is 5.91 Å². The van der Waals surface area contributed by atoms with Crippen molar-refractivity contribution in [2.75, 3.05) is 49.5 Å². The number of para-hydroxylation sites is 2. The van der Waals surface area contributed by atoms with Crippen molar-refractivity contribution in [3.63, 3.8) is 0 Å². The molecule has 2 aromatic rings. The van der Waals surface area contributed by atoms with Crippen LogP contribution in [-0.2, 0) is 10.2 Å². The predicted octanol–water partition coefficient (Wildman–Crippen LogP) is 3.88. The fourth-order valence-electron chi connectivity index (χ4n) is 3.89. The van der Waals surface area contributed by atoms with Gasteiger partial charge in [0.1, 0.15) is 0 Å². The maximum Gasteiger partial charge on any atom is 0.251 e. The molecule has 1 saturated heterocycles. The molecule has 0 saturated carbocycles. The van der Waals surface area contributed by atoms with E-state index in [0.29, 0.717) is 12.1 Å². The number of likely N-dealkylation sites (N-methyl/N-ethyl adjacent to an activating group) is 1. The zero-order valence-corrected chi connectivity index (χ0v) is 19.8. The zero-order valence-electron chi connectivity index (χ0n) is 19.8. The molecule has 0 radical (unpaired) electrons. The lowest BCUT2D eigenvalue weighted by atomic mass is 9.87. The minimum Gasteiger partial charge on any atom is -0.367 e. The van der Waals surface area contributed by atoms with E-state index in [2.05, 4.69) is 54.2 Å². The van der Waals surface area contributed by atoms with Gasteiger partial charge in [0.15, 0.2) is 0 Å². The summed E-state index contributed by atoms with van der Waals surface area (Å²) in [6.07, 6.45) is 0.226. The van der Waals surface area contributed by atoms with Gasteiger partial charge < -0.3 is 20.4 Å². The van der Waals surface area contributed by atoms with Gasteiger partial charge in [-0.25, -0.2) is 0 Å². The number of hydrogen-bond acceptors (Lipinski definition) is 4. The van der Waals surface area contributed by atoms with Gasteiger partial charge in [0.25, 0.3) is 5.91 Å². The smallest absolute Gasteiger partial charge is 0.251 e. The standard InChI is InChI=1S/C26H36N4O2/c1-5-29-16-18-30(19-17-29)23-9-7-6-8-22(23)28-24(31)14-15-27-25(32)20-10-12-21(13-11-20)26(2,3)4/h6-13H,5,14-19H2,1-4H3,(H,27,32)(H,28,31). The van der Waals surface area contributed by atoms with Crippen LogP contribution in [0.2, 0.25) is 0 Å². The second-order valence-electron chi connectivity index (χ2n) is 9.32. The number of nitrogens with one attached hydrogen (secondary N) is 2. The van der Waals surface area contributed by atoms with Gasteiger partial charge in [-0.05, 0) is 41.8 Å². The second kappa shape index (κ2) is 10.6. The maximum absolute atomic E-state index is 12.5. The van der Waals surface area contributed by atoms with Crippen LogP contribution in [-0.4, -0.2) is 56.0 Å². The number of hydrogen-bond donors (Lipinski definition) is 2. The van der Waals surface area contributed by atoms with E-state index in [4.69, 9.17) is 0 Å². The van der Waals surface area contributed by atoms with Crippen molar-refractivity contribution in [2.45, 2.75) is 39.5 Å². The van der Waals surface area contributed by atoms with E-state index in [0.717, 1.165) is 44.1 Å². The highest BCUT2D eigenvalue weighted by Gasteiger charge is 2.19. The molecular formula is C26H36N4O2. The number of carbonyl (C=O) groups excluding carboxylic acids is 2. The summed E-state index contributed by atoms with van der Waals surface area (Å²) >= 11 is 0. The van der Waals surface area contributed by atoms with Crippen LogP contribution in [0.15, 0.2) is 48.5 Å². The van der Waals surface area contributed by atoms with Crippen molar-refractivity contribution in [3.8, 4) is 0 Å². The molecule has 6 nitrogen and oxygen atoms in total. The molecule has 1 aliphatic rings. The SMILES string of the molecule is CCN1CCN(c2ccccc2NC(=O)CCNC(=O)c2ccc(C(C)(C)C)cc2)CC1. The monoisotopic (exact) mass is 436 g/mol. The minimum absolute atomic E-state index is 0.0486. The first-order chi connectivity index (χ1) is 15.3. The molecule has 1 aliphatic heterocycles. The molecule has 3 rings (SSSR count). The predicted molar refractivity (Wildman–Crippen MR) is 131 cm³/mol. The Morgan fingerprint density at radius 1 is 0.938 bits per heavy atom. The number of nitrogens with zero attached hydrogens (tertiary/aromatic N) is 2. The summed E-state index contributed by atoms with van der Waals surface area (Å²) < 4.78 is 0. The molecule has 1 heterocycles. The van der Waals surface area contributed by atoms with E-state index in [1.54, 1.807) is 0 Å². The number of rotatable bonds is 7. The highest BCUT2D eigenvalue weighted by atomic mass is 16.2. The fraction of sp³-hybridized carbons (Fsp3) is 0.462. The Bertz CT molecular complexity index is 910. The largest absolute Gasteiger partial charge is 0.367 e. The maximum atomic E-state index is 12.5. The van der Waals surface area contributed by atoms with E-state index in [-0.39, 0.29) is 23.7 Å². The molecular weight excluding hydrogens is 400 g/mol. The van der Waals surface area contributed by atoms with Crippen molar-refractivity contribution < 1.29 is 9.59 Å². The average molecular weight is 437 g/mol. The lowest BCUT2D eigenvalue weighted by Gasteiger charge is -2.36. The second-order valence-corrected chi connectivity index (χ2v) is 9.32. The van der Waals surface area contributed by atoms with Crippen LogP contribution in [0.25, 0.3) is 0 Å². The number of carbonyl (C=O) groups is 2. The van der Waals surface area contributed by atoms with Gasteiger partial charge in [-0.15, -0.1) is 0 Å². The summed E-state index contributed by atoms with van der Waals surface area (Å²) in [4.78, 5) is 29.7. The lowest BCUT2D eigenvalue weighted by molar-refractivity contribution is -0.116. The first-order valence-electron chi connectivity index (χ1n) is 11.5. The third-order valence-corrected chi connectivity index (χ3v) is 5.99. The van der Waals surface area contributed by atoms with Gasteiger partial charge >= 0.3 is 0 Å². The molecule has 2 N–H and O–H groups in total. The first-order valence-corrected chi connectivity index (χ1v) is 11.5. The van der Waals surface area contributed by atoms with E-state index in [1.165, 1.54) is 5.56 Å². The molecule has 1 fully saturated rings. The Kier molecular flexibility index (Phi) is 7.91. The molecule has 0 spiro atoms. The van der Waals surface area contributed by atoms with E-state index in [1.807, 2.05) is 42.5 Å². The van der Waals surface area contributed by atoms with Gasteiger partial charge in [-0.1, -0.05) is 52.0 Å². The number of anilines is 2. The number of benzene rings is 2. The highest BCUT2D eigenvalue weighted by Crippen LogP contribution is 2.27. The summed E-state index contributed by atoms with van der Waals surface area (Å²) in [6.45, 7) is 13.9. The van der Waals surface area contributed by atoms with Gasteiger partial charge in [-0.2, -0.15) is 0 Å². The fourth-order valence-corrected chi connectivity index (χ4v) is 3.89. The Morgan fingerprint density at radius 3 is 2.22 bits per heavy atom. The van der Waals surface area contributed by atoms with Gasteiger partial charge in [0.05, 0.1) is 11.4 Å². The van der Waals surface area contributed by atoms with Crippen molar-refractivity contribution in [3.05, 3.63) is 59.7 Å². The van der Waals surface area contributed by atoms with Crippen LogP contribution in [0.3, 0.4) is 0 Å². The van der Waals surface area contributed by atoms with Crippen LogP contribution < -0.4 is 15.5 Å². The summed E-state index contributed by atoms with van der Waals surface area (Å²) in [6, 6.07) is 15.6. The highest BCUT2D eigenvalue weighted by molar-refractivity contribution is 5.96. The van der Waals surface area contributed by atoms with Crippen molar-refractivity contribution in [1.82, 2.24) is 10.2 Å². The Labute approximate surface area is 192 Å². The number of amides is 2. The average Bonchev–Trinajstić information content (AvgIpc) is 2.79. The van der Waals surface area contributed by atoms with Crippen LogP contribution in [0, 0.1) is 0 Å². The lowest BCUT2D eigenvalue weighted by Crippen LogP contribution is -2.46. The molecule has 2 amide bonds. The molecule has 0 aliphatic carbocycles. The Morgan fingerprint density at radius 2 is 1.59 bits per heavy atom. The third kappa shape index (κ3) is 6.33. The molecule has 172 valence electrons. The molecule has 2 aromatic carbocycles. The zero-order chi connectivity index (χ0) is 23.1. The van der Waals surface area contributed by atoms with E-state index in [9.17, 15) is 9.59 Å². The normalized spacial score (nSPS) is 14.8. The van der Waals surface area contributed by atoms with Crippen LogP contribution in [0.5, 0.6) is 0 Å². The van der Waals surface area contributed by atoms with Crippen molar-refractivity contribution in [2.24, 2.45) is 0 Å². The molecule has 0 unspecified atom stereocenters. The topological polar surface area (TPSA) is 64.7 Å². The molecule has 32 heavy (non-hydrogen) atoms. The Balaban J connectivity index is 1.50. The Hall–Kier alpha value is -2.86.